The van der Waals surface area contributed by atoms with Gasteiger partial charge in [-0.2, -0.15) is 0 Å². The summed E-state index contributed by atoms with van der Waals surface area (Å²) in [6, 6.07) is 12.4. The van der Waals surface area contributed by atoms with Crippen LogP contribution in [-0.4, -0.2) is 140 Å². The van der Waals surface area contributed by atoms with Crippen molar-refractivity contribution >= 4 is 35.2 Å². The van der Waals surface area contributed by atoms with Gasteiger partial charge in [-0.05, 0) is 62.2 Å². The van der Waals surface area contributed by atoms with E-state index < -0.39 is 65.1 Å². The zero-order valence-corrected chi connectivity index (χ0v) is 40.2. The Morgan fingerprint density at radius 2 is 1.48 bits per heavy atom. The van der Waals surface area contributed by atoms with Crippen LogP contribution in [-0.2, 0) is 46.3 Å². The first-order chi connectivity index (χ1) is 30.3. The van der Waals surface area contributed by atoms with E-state index in [0.717, 1.165) is 5.56 Å². The minimum Gasteiger partial charge on any atom is -0.379 e. The number of hydrogen-bond donors (Lipinski definition) is 3. The van der Waals surface area contributed by atoms with Crippen molar-refractivity contribution < 1.29 is 38.4 Å². The second-order valence-corrected chi connectivity index (χ2v) is 18.2. The molecular weight excluding hydrogens is 819 g/mol. The maximum absolute atomic E-state index is 14.4. The molecule has 356 valence electrons. The van der Waals surface area contributed by atoms with Gasteiger partial charge in [-0.15, -0.1) is 0 Å². The monoisotopic (exact) mass is 894 g/mol. The summed E-state index contributed by atoms with van der Waals surface area (Å²) in [7, 11) is 8.43. The maximum Gasteiger partial charge on any atom is 0.269 e. The molecule has 1 fully saturated rings. The van der Waals surface area contributed by atoms with E-state index in [1.165, 1.54) is 26.4 Å². The second kappa shape index (κ2) is 25.5. The molecule has 0 aromatic heterocycles. The van der Waals surface area contributed by atoms with Gasteiger partial charge >= 0.3 is 0 Å². The predicted octanol–water partition coefficient (Wildman–Crippen LogP) is 4.63. The third-order valence-corrected chi connectivity index (χ3v) is 12.7. The van der Waals surface area contributed by atoms with Gasteiger partial charge in [-0.1, -0.05) is 97.4 Å². The molecule has 0 bridgehead atoms. The number of hydrogen-bond acceptors (Lipinski definition) is 10. The number of nitrogens with one attached hydrogen (secondary N) is 3. The second-order valence-electron chi connectivity index (χ2n) is 18.2. The summed E-state index contributed by atoms with van der Waals surface area (Å²) in [5.41, 5.74) is 1.58. The minimum atomic E-state index is -1.00. The van der Waals surface area contributed by atoms with Crippen LogP contribution in [0.15, 0.2) is 54.6 Å². The van der Waals surface area contributed by atoms with Crippen molar-refractivity contribution in [2.75, 3.05) is 48.5 Å². The summed E-state index contributed by atoms with van der Waals surface area (Å²) < 4.78 is 12.0. The van der Waals surface area contributed by atoms with Crippen molar-refractivity contribution in [1.29, 1.82) is 0 Å². The minimum absolute atomic E-state index is 0.0187. The molecule has 5 amide bonds. The smallest absolute Gasteiger partial charge is 0.269 e. The van der Waals surface area contributed by atoms with Crippen LogP contribution in [0, 0.1) is 33.8 Å². The molecule has 9 atom stereocenters. The summed E-state index contributed by atoms with van der Waals surface area (Å²) in [5, 5.41) is 20.2. The SMILES string of the molecule is CC[C@H](C)C([C@@H](CC(=O)N1CCC[C@H]1[C@H](OC)[C@@H](C)C(=O)NC(Cc1ccc([N+](=O)[O-])cc1)C(=O)NCCc1ccccc1)OC)N(C)C(=O)C(NC(=O)[C@H](C(C)C)N(C)C)C(C)C. The number of likely N-dealkylation sites (tertiary alicyclic amines) is 1. The molecule has 2 aromatic rings. The Labute approximate surface area is 380 Å². The van der Waals surface area contributed by atoms with E-state index in [9.17, 15) is 34.1 Å². The highest BCUT2D eigenvalue weighted by atomic mass is 16.6. The van der Waals surface area contributed by atoms with Crippen molar-refractivity contribution in [1.82, 2.24) is 30.7 Å². The lowest BCUT2D eigenvalue weighted by atomic mass is 9.89. The lowest BCUT2D eigenvalue weighted by Crippen LogP contribution is -2.59. The molecule has 3 unspecified atom stereocenters. The van der Waals surface area contributed by atoms with Crippen LogP contribution in [0.4, 0.5) is 5.69 Å². The van der Waals surface area contributed by atoms with Crippen LogP contribution >= 0.6 is 0 Å². The van der Waals surface area contributed by atoms with Crippen LogP contribution in [0.1, 0.15) is 85.3 Å². The highest BCUT2D eigenvalue weighted by molar-refractivity contribution is 5.90. The summed E-state index contributed by atoms with van der Waals surface area (Å²) in [6.07, 6.45) is 1.19. The first-order valence-corrected chi connectivity index (χ1v) is 22.7. The highest BCUT2D eigenvalue weighted by Crippen LogP contribution is 2.30. The Morgan fingerprint density at radius 3 is 2.02 bits per heavy atom. The van der Waals surface area contributed by atoms with Gasteiger partial charge in [0.15, 0.2) is 0 Å². The van der Waals surface area contributed by atoms with Gasteiger partial charge in [0.25, 0.3) is 5.69 Å². The molecule has 3 rings (SSSR count). The number of amides is 5. The molecule has 1 heterocycles. The van der Waals surface area contributed by atoms with E-state index in [4.69, 9.17) is 9.47 Å². The van der Waals surface area contributed by atoms with E-state index in [-0.39, 0.29) is 54.0 Å². The van der Waals surface area contributed by atoms with Crippen LogP contribution in [0.25, 0.3) is 0 Å². The zero-order chi connectivity index (χ0) is 47.8. The summed E-state index contributed by atoms with van der Waals surface area (Å²) in [4.78, 5) is 86.0. The van der Waals surface area contributed by atoms with Crippen LogP contribution < -0.4 is 16.0 Å². The molecular formula is C48H75N7O9. The molecule has 64 heavy (non-hydrogen) atoms. The third-order valence-electron chi connectivity index (χ3n) is 12.7. The van der Waals surface area contributed by atoms with Gasteiger partial charge in [0.2, 0.25) is 29.5 Å². The standard InChI is InChI=1S/C48H75N7O9/c1-13-32(6)43(53(10)48(60)41(30(2)3)51-47(59)42(31(4)5)52(8)9)39(63-11)29-40(56)54-27-17-20-38(54)44(64-12)33(7)45(57)50-37(28-35-21-23-36(24-22-35)55(61)62)46(58)49-26-25-34-18-15-14-16-19-34/h14-16,18-19,21-24,30-33,37-39,41-44H,13,17,20,25-29H2,1-12H3,(H,49,58)(H,50,57)(H,51,59)/t32-,33+,37?,38-,39+,41?,42-,43?,44+/m0/s1. The Hall–Kier alpha value is -4.93. The first-order valence-electron chi connectivity index (χ1n) is 22.7. The number of non-ortho nitro benzene ring substituents is 1. The Morgan fingerprint density at radius 1 is 0.844 bits per heavy atom. The van der Waals surface area contributed by atoms with Gasteiger partial charge in [-0.25, -0.2) is 0 Å². The summed E-state index contributed by atoms with van der Waals surface area (Å²) >= 11 is 0. The number of ether oxygens (including phenoxy) is 2. The van der Waals surface area contributed by atoms with E-state index in [0.29, 0.717) is 44.3 Å². The van der Waals surface area contributed by atoms with E-state index >= 15 is 0 Å². The number of nitro benzene ring substituents is 1. The molecule has 2 aromatic carbocycles. The Kier molecular flexibility index (Phi) is 21.3. The van der Waals surface area contributed by atoms with Gasteiger partial charge in [-0.3, -0.25) is 39.0 Å². The molecule has 1 aliphatic rings. The Balaban J connectivity index is 1.81. The normalized spacial score (nSPS) is 17.8. The molecule has 0 aliphatic carbocycles. The van der Waals surface area contributed by atoms with Crippen molar-refractivity contribution in [3.8, 4) is 0 Å². The number of carbonyl (C=O) groups excluding carboxylic acids is 5. The first kappa shape index (κ1) is 53.4. The average Bonchev–Trinajstić information content (AvgIpc) is 3.74. The fourth-order valence-electron chi connectivity index (χ4n) is 9.01. The number of methoxy groups -OCH3 is 2. The van der Waals surface area contributed by atoms with Crippen LogP contribution in [0.2, 0.25) is 0 Å². The topological polar surface area (TPSA) is 193 Å². The third kappa shape index (κ3) is 14.5. The van der Waals surface area contributed by atoms with Crippen molar-refractivity contribution in [3.05, 3.63) is 75.8 Å². The van der Waals surface area contributed by atoms with Gasteiger partial charge in [0.05, 0.1) is 47.6 Å². The number of nitro groups is 1. The Bertz CT molecular complexity index is 1820. The summed E-state index contributed by atoms with van der Waals surface area (Å²) in [5.74, 6) is -2.59. The van der Waals surface area contributed by atoms with Crippen LogP contribution in [0.3, 0.4) is 0 Å². The fraction of sp³-hybridized carbons (Fsp3) is 0.646. The number of benzene rings is 2. The molecule has 3 N–H and O–H groups in total. The lowest BCUT2D eigenvalue weighted by Gasteiger charge is -2.41. The average molecular weight is 894 g/mol. The quantitative estimate of drug-likeness (QED) is 0.0936. The highest BCUT2D eigenvalue weighted by Gasteiger charge is 2.43. The van der Waals surface area contributed by atoms with Gasteiger partial charge in [0, 0.05) is 52.9 Å². The van der Waals surface area contributed by atoms with E-state index in [1.807, 2.05) is 90.9 Å². The molecule has 1 aliphatic heterocycles. The predicted molar refractivity (Wildman–Crippen MR) is 247 cm³/mol. The van der Waals surface area contributed by atoms with E-state index in [1.54, 1.807) is 35.9 Å². The lowest BCUT2D eigenvalue weighted by molar-refractivity contribution is -0.384. The summed E-state index contributed by atoms with van der Waals surface area (Å²) in [6.45, 7) is 14.3. The van der Waals surface area contributed by atoms with Crippen LogP contribution in [0.5, 0.6) is 0 Å². The molecule has 0 spiro atoms. The van der Waals surface area contributed by atoms with Crippen molar-refractivity contribution in [2.24, 2.45) is 23.7 Å². The molecule has 16 heteroatoms. The largest absolute Gasteiger partial charge is 0.379 e. The fourth-order valence-corrected chi connectivity index (χ4v) is 9.01. The molecule has 1 saturated heterocycles. The molecule has 0 saturated carbocycles. The maximum atomic E-state index is 14.4. The van der Waals surface area contributed by atoms with Crippen molar-refractivity contribution in [3.63, 3.8) is 0 Å². The van der Waals surface area contributed by atoms with E-state index in [2.05, 4.69) is 16.0 Å². The number of nitrogens with zero attached hydrogens (tertiary/aromatic N) is 4. The molecule has 16 nitrogen and oxygen atoms in total. The van der Waals surface area contributed by atoms with Crippen molar-refractivity contribution in [2.45, 2.75) is 129 Å². The van der Waals surface area contributed by atoms with Gasteiger partial charge < -0.3 is 35.2 Å². The molecule has 0 radical (unpaired) electrons. The number of rotatable bonds is 25. The zero-order valence-electron chi connectivity index (χ0n) is 40.2. The number of carbonyl (C=O) groups is 5. The number of likely N-dealkylation sites (N-methyl/N-ethyl adjacent to an activating group) is 2. The van der Waals surface area contributed by atoms with Gasteiger partial charge in [0.1, 0.15) is 12.1 Å².